The van der Waals surface area contributed by atoms with Crippen molar-refractivity contribution < 1.29 is 9.84 Å². The highest BCUT2D eigenvalue weighted by Crippen LogP contribution is 2.34. The predicted octanol–water partition coefficient (Wildman–Crippen LogP) is 3.62. The summed E-state index contributed by atoms with van der Waals surface area (Å²) >= 11 is 0. The van der Waals surface area contributed by atoms with Gasteiger partial charge in [0.05, 0.1) is 12.2 Å². The highest BCUT2D eigenvalue weighted by molar-refractivity contribution is 4.83. The number of hydrogen-bond acceptors (Lipinski definition) is 2. The molecule has 0 aromatic heterocycles. The predicted molar refractivity (Wildman–Crippen MR) is 72.0 cm³/mol. The molecule has 1 aliphatic carbocycles. The summed E-state index contributed by atoms with van der Waals surface area (Å²) in [6.45, 7) is 9.27. The second-order valence-corrected chi connectivity index (χ2v) is 5.84. The first kappa shape index (κ1) is 15.0. The third kappa shape index (κ3) is 4.26. The normalized spacial score (nSPS) is 29.3. The molecule has 1 rings (SSSR count). The number of aliphatic hydroxyl groups excluding tert-OH is 1. The van der Waals surface area contributed by atoms with Crippen molar-refractivity contribution in [2.75, 3.05) is 6.61 Å². The van der Waals surface area contributed by atoms with Crippen molar-refractivity contribution in [2.45, 2.75) is 72.0 Å². The van der Waals surface area contributed by atoms with Crippen LogP contribution in [0.4, 0.5) is 0 Å². The van der Waals surface area contributed by atoms with Crippen molar-refractivity contribution in [3.63, 3.8) is 0 Å². The minimum Gasteiger partial charge on any atom is -0.390 e. The van der Waals surface area contributed by atoms with Crippen LogP contribution in [-0.4, -0.2) is 23.9 Å². The van der Waals surface area contributed by atoms with Gasteiger partial charge in [-0.2, -0.15) is 0 Å². The molecule has 0 saturated heterocycles. The number of rotatable bonds is 6. The van der Waals surface area contributed by atoms with E-state index in [1.165, 1.54) is 32.1 Å². The molecule has 1 fully saturated rings. The van der Waals surface area contributed by atoms with E-state index in [0.29, 0.717) is 18.4 Å². The minimum atomic E-state index is -0.271. The van der Waals surface area contributed by atoms with Crippen molar-refractivity contribution in [2.24, 2.45) is 17.8 Å². The first-order chi connectivity index (χ1) is 8.10. The summed E-state index contributed by atoms with van der Waals surface area (Å²) in [7, 11) is 0. The largest absolute Gasteiger partial charge is 0.390 e. The van der Waals surface area contributed by atoms with Crippen molar-refractivity contribution >= 4 is 0 Å². The summed E-state index contributed by atoms with van der Waals surface area (Å²) in [5.41, 5.74) is 0. The van der Waals surface area contributed by atoms with Crippen molar-refractivity contribution in [1.29, 1.82) is 0 Å². The van der Waals surface area contributed by atoms with E-state index in [1.807, 2.05) is 6.92 Å². The molecular formula is C15H30O2. The van der Waals surface area contributed by atoms with Crippen LogP contribution >= 0.6 is 0 Å². The summed E-state index contributed by atoms with van der Waals surface area (Å²) in [6, 6.07) is 0. The third-order valence-corrected chi connectivity index (χ3v) is 4.30. The molecule has 0 aromatic rings. The Bertz CT molecular complexity index is 195. The van der Waals surface area contributed by atoms with Gasteiger partial charge in [0.25, 0.3) is 0 Å². The van der Waals surface area contributed by atoms with Gasteiger partial charge in [0, 0.05) is 6.61 Å². The number of hydrogen-bond donors (Lipinski definition) is 1. The molecule has 0 spiro atoms. The number of ether oxygens (including phenoxy) is 1. The summed E-state index contributed by atoms with van der Waals surface area (Å²) in [5, 5.41) is 10.5. The zero-order chi connectivity index (χ0) is 12.8. The maximum absolute atomic E-state index is 10.5. The second-order valence-electron chi connectivity index (χ2n) is 5.84. The SMILES string of the molecule is CCOC(C(C)C)C(O)C1CCC(CC)CC1. The van der Waals surface area contributed by atoms with Crippen LogP contribution in [0.25, 0.3) is 0 Å². The van der Waals surface area contributed by atoms with E-state index < -0.39 is 0 Å². The van der Waals surface area contributed by atoms with Gasteiger partial charge in [-0.15, -0.1) is 0 Å². The van der Waals surface area contributed by atoms with Crippen LogP contribution in [0.15, 0.2) is 0 Å². The Morgan fingerprint density at radius 2 is 1.71 bits per heavy atom. The molecule has 0 heterocycles. The average molecular weight is 242 g/mol. The summed E-state index contributed by atoms with van der Waals surface area (Å²) in [6.07, 6.45) is 5.97. The lowest BCUT2D eigenvalue weighted by atomic mass is 9.76. The fourth-order valence-corrected chi connectivity index (χ4v) is 3.08. The molecule has 2 atom stereocenters. The maximum atomic E-state index is 10.5. The van der Waals surface area contributed by atoms with Gasteiger partial charge in [-0.25, -0.2) is 0 Å². The zero-order valence-corrected chi connectivity index (χ0v) is 12.0. The molecule has 2 unspecified atom stereocenters. The molecule has 0 amide bonds. The molecule has 0 aromatic carbocycles. The monoisotopic (exact) mass is 242 g/mol. The van der Waals surface area contributed by atoms with Crippen LogP contribution in [0.5, 0.6) is 0 Å². The molecule has 17 heavy (non-hydrogen) atoms. The standard InChI is InChI=1S/C15H30O2/c1-5-12-7-9-13(10-8-12)14(16)15(11(3)4)17-6-2/h11-16H,5-10H2,1-4H3. The van der Waals surface area contributed by atoms with Gasteiger partial charge in [-0.1, -0.05) is 40.0 Å². The third-order valence-electron chi connectivity index (χ3n) is 4.30. The molecule has 0 aliphatic heterocycles. The van der Waals surface area contributed by atoms with Gasteiger partial charge in [-0.05, 0) is 37.5 Å². The Hall–Kier alpha value is -0.0800. The number of aliphatic hydroxyl groups is 1. The van der Waals surface area contributed by atoms with E-state index in [4.69, 9.17) is 4.74 Å². The van der Waals surface area contributed by atoms with Gasteiger partial charge in [0.1, 0.15) is 0 Å². The Labute approximate surface area is 107 Å². The first-order valence-corrected chi connectivity index (χ1v) is 7.39. The van der Waals surface area contributed by atoms with E-state index in [-0.39, 0.29) is 12.2 Å². The van der Waals surface area contributed by atoms with Crippen LogP contribution in [0.2, 0.25) is 0 Å². The second kappa shape index (κ2) is 7.38. The average Bonchev–Trinajstić information content (AvgIpc) is 2.35. The lowest BCUT2D eigenvalue weighted by molar-refractivity contribution is -0.0875. The van der Waals surface area contributed by atoms with Crippen LogP contribution in [0.3, 0.4) is 0 Å². The molecule has 2 nitrogen and oxygen atoms in total. The molecule has 1 aliphatic rings. The van der Waals surface area contributed by atoms with Gasteiger partial charge >= 0.3 is 0 Å². The van der Waals surface area contributed by atoms with E-state index in [0.717, 1.165) is 5.92 Å². The Morgan fingerprint density at radius 1 is 1.12 bits per heavy atom. The summed E-state index contributed by atoms with van der Waals surface area (Å²) < 4.78 is 5.72. The van der Waals surface area contributed by atoms with Gasteiger partial charge < -0.3 is 9.84 Å². The fraction of sp³-hybridized carbons (Fsp3) is 1.00. The topological polar surface area (TPSA) is 29.5 Å². The summed E-state index contributed by atoms with van der Waals surface area (Å²) in [4.78, 5) is 0. The van der Waals surface area contributed by atoms with E-state index in [2.05, 4.69) is 20.8 Å². The Morgan fingerprint density at radius 3 is 2.12 bits per heavy atom. The smallest absolute Gasteiger partial charge is 0.0859 e. The summed E-state index contributed by atoms with van der Waals surface area (Å²) in [5.74, 6) is 1.74. The van der Waals surface area contributed by atoms with Crippen LogP contribution < -0.4 is 0 Å². The van der Waals surface area contributed by atoms with E-state index >= 15 is 0 Å². The molecule has 0 radical (unpaired) electrons. The van der Waals surface area contributed by atoms with E-state index in [9.17, 15) is 5.11 Å². The van der Waals surface area contributed by atoms with Crippen molar-refractivity contribution in [3.8, 4) is 0 Å². The highest BCUT2D eigenvalue weighted by atomic mass is 16.5. The first-order valence-electron chi connectivity index (χ1n) is 7.39. The molecule has 2 heteroatoms. The van der Waals surface area contributed by atoms with Crippen LogP contribution in [-0.2, 0) is 4.74 Å². The minimum absolute atomic E-state index is 0.0168. The van der Waals surface area contributed by atoms with Crippen molar-refractivity contribution in [1.82, 2.24) is 0 Å². The lowest BCUT2D eigenvalue weighted by Gasteiger charge is -2.36. The van der Waals surface area contributed by atoms with Crippen LogP contribution in [0.1, 0.15) is 59.8 Å². The molecule has 0 bridgehead atoms. The quantitative estimate of drug-likeness (QED) is 0.771. The van der Waals surface area contributed by atoms with Gasteiger partial charge in [0.2, 0.25) is 0 Å². The van der Waals surface area contributed by atoms with Gasteiger partial charge in [-0.3, -0.25) is 0 Å². The van der Waals surface area contributed by atoms with Crippen LogP contribution in [0, 0.1) is 17.8 Å². The van der Waals surface area contributed by atoms with Crippen molar-refractivity contribution in [3.05, 3.63) is 0 Å². The maximum Gasteiger partial charge on any atom is 0.0859 e. The molecule has 1 N–H and O–H groups in total. The Balaban J connectivity index is 2.48. The fourth-order valence-electron chi connectivity index (χ4n) is 3.08. The molecular weight excluding hydrogens is 212 g/mol. The highest BCUT2D eigenvalue weighted by Gasteiger charge is 2.32. The molecule has 102 valence electrons. The van der Waals surface area contributed by atoms with Gasteiger partial charge in [0.15, 0.2) is 0 Å². The zero-order valence-electron chi connectivity index (χ0n) is 12.0. The lowest BCUT2D eigenvalue weighted by Crippen LogP contribution is -2.40. The van der Waals surface area contributed by atoms with E-state index in [1.54, 1.807) is 0 Å². The Kier molecular flexibility index (Phi) is 6.50. The molecule has 1 saturated carbocycles.